The molecule has 1 N–H and O–H groups in total. The Hall–Kier alpha value is -2.13. The normalized spacial score (nSPS) is 21.5. The number of alkyl halides is 6. The fourth-order valence-corrected chi connectivity index (χ4v) is 3.59. The molecular weight excluding hydrogens is 415 g/mol. The van der Waals surface area contributed by atoms with Crippen LogP contribution in [0, 0.1) is 5.82 Å². The summed E-state index contributed by atoms with van der Waals surface area (Å²) < 4.78 is 97.9. The number of hydrogen-bond donors (Lipinski definition) is 1. The molecule has 0 saturated carbocycles. The molecule has 1 saturated heterocycles. The quantitative estimate of drug-likeness (QED) is 0.587. The molecule has 9 heteroatoms. The van der Waals surface area contributed by atoms with Gasteiger partial charge in [0.1, 0.15) is 5.82 Å². The highest BCUT2D eigenvalue weighted by Crippen LogP contribution is 2.39. The lowest BCUT2D eigenvalue weighted by Crippen LogP contribution is -2.40. The summed E-state index contributed by atoms with van der Waals surface area (Å²) >= 11 is 0. The Bertz CT molecular complexity index is 829. The monoisotopic (exact) mass is 435 g/mol. The van der Waals surface area contributed by atoms with Crippen molar-refractivity contribution >= 4 is 0 Å². The molecule has 1 aliphatic rings. The van der Waals surface area contributed by atoms with Crippen molar-refractivity contribution in [1.29, 1.82) is 0 Å². The second-order valence-electron chi connectivity index (χ2n) is 7.31. The zero-order chi connectivity index (χ0) is 22.1. The largest absolute Gasteiger partial charge is 0.416 e. The smallest absolute Gasteiger partial charge is 0.370 e. The predicted octanol–water partition coefficient (Wildman–Crippen LogP) is 6.09. The maximum atomic E-state index is 13.2. The third-order valence-electron chi connectivity index (χ3n) is 5.18. The van der Waals surface area contributed by atoms with Crippen molar-refractivity contribution in [3.8, 4) is 0 Å². The van der Waals surface area contributed by atoms with E-state index in [1.165, 1.54) is 19.1 Å². The molecule has 3 atom stereocenters. The Kier molecular flexibility index (Phi) is 6.43. The summed E-state index contributed by atoms with van der Waals surface area (Å²) in [6, 6.07) is 7.27. The molecule has 164 valence electrons. The zero-order valence-corrected chi connectivity index (χ0v) is 15.9. The van der Waals surface area contributed by atoms with Crippen LogP contribution in [-0.4, -0.2) is 19.2 Å². The summed E-state index contributed by atoms with van der Waals surface area (Å²) in [5.74, 6) is -0.619. The van der Waals surface area contributed by atoms with E-state index in [1.807, 2.05) is 0 Å². The van der Waals surface area contributed by atoms with Gasteiger partial charge in [0.25, 0.3) is 0 Å². The molecule has 1 aliphatic heterocycles. The van der Waals surface area contributed by atoms with Gasteiger partial charge in [0.05, 0.1) is 23.3 Å². The van der Waals surface area contributed by atoms with E-state index in [4.69, 9.17) is 4.74 Å². The van der Waals surface area contributed by atoms with Gasteiger partial charge in [-0.05, 0) is 61.3 Å². The van der Waals surface area contributed by atoms with Crippen molar-refractivity contribution in [3.63, 3.8) is 0 Å². The van der Waals surface area contributed by atoms with Crippen LogP contribution in [0.1, 0.15) is 47.6 Å². The fourth-order valence-electron chi connectivity index (χ4n) is 3.59. The molecule has 0 spiro atoms. The van der Waals surface area contributed by atoms with E-state index < -0.39 is 41.5 Å². The molecule has 0 amide bonds. The summed E-state index contributed by atoms with van der Waals surface area (Å²) in [6.45, 7) is 2.52. The van der Waals surface area contributed by atoms with Gasteiger partial charge in [-0.2, -0.15) is 26.3 Å². The second kappa shape index (κ2) is 8.55. The lowest BCUT2D eigenvalue weighted by Gasteiger charge is -2.34. The minimum atomic E-state index is -4.92. The number of benzene rings is 2. The first-order valence-electron chi connectivity index (χ1n) is 9.36. The van der Waals surface area contributed by atoms with Gasteiger partial charge in [-0.15, -0.1) is 0 Å². The van der Waals surface area contributed by atoms with Crippen LogP contribution in [0.15, 0.2) is 42.5 Å². The maximum Gasteiger partial charge on any atom is 0.416 e. The molecular formula is C21H20F7NO. The molecule has 0 radical (unpaired) electrons. The van der Waals surface area contributed by atoms with Crippen LogP contribution in [-0.2, 0) is 17.1 Å². The molecule has 0 bridgehead atoms. The van der Waals surface area contributed by atoms with E-state index in [2.05, 4.69) is 5.32 Å². The Morgan fingerprint density at radius 2 is 1.50 bits per heavy atom. The van der Waals surface area contributed by atoms with E-state index in [9.17, 15) is 30.7 Å². The van der Waals surface area contributed by atoms with Gasteiger partial charge in [-0.3, -0.25) is 0 Å². The van der Waals surface area contributed by atoms with Crippen LogP contribution in [0.4, 0.5) is 30.7 Å². The Labute approximate surface area is 169 Å². The Morgan fingerprint density at radius 3 is 2.03 bits per heavy atom. The van der Waals surface area contributed by atoms with Crippen molar-refractivity contribution in [2.75, 3.05) is 13.1 Å². The van der Waals surface area contributed by atoms with Crippen LogP contribution in [0.3, 0.4) is 0 Å². The van der Waals surface area contributed by atoms with Gasteiger partial charge < -0.3 is 10.1 Å². The minimum Gasteiger partial charge on any atom is -0.370 e. The first kappa shape index (κ1) is 22.6. The molecule has 2 aromatic carbocycles. The number of piperidine rings is 1. The molecule has 30 heavy (non-hydrogen) atoms. The summed E-state index contributed by atoms with van der Waals surface area (Å²) in [6.07, 6.45) is -10.8. The first-order valence-corrected chi connectivity index (χ1v) is 9.36. The van der Waals surface area contributed by atoms with Gasteiger partial charge in [-0.25, -0.2) is 4.39 Å². The van der Waals surface area contributed by atoms with Crippen molar-refractivity contribution in [1.82, 2.24) is 5.32 Å². The average Bonchev–Trinajstić information content (AvgIpc) is 2.67. The van der Waals surface area contributed by atoms with Crippen molar-refractivity contribution in [2.45, 2.75) is 43.8 Å². The van der Waals surface area contributed by atoms with Crippen LogP contribution in [0.5, 0.6) is 0 Å². The molecule has 3 rings (SSSR count). The van der Waals surface area contributed by atoms with Crippen LogP contribution >= 0.6 is 0 Å². The highest BCUT2D eigenvalue weighted by atomic mass is 19.4. The van der Waals surface area contributed by atoms with E-state index in [0.29, 0.717) is 31.6 Å². The van der Waals surface area contributed by atoms with E-state index in [0.717, 1.165) is 5.56 Å². The predicted molar refractivity (Wildman–Crippen MR) is 96.4 cm³/mol. The van der Waals surface area contributed by atoms with E-state index >= 15 is 0 Å². The zero-order valence-electron chi connectivity index (χ0n) is 15.9. The van der Waals surface area contributed by atoms with Gasteiger partial charge in [0, 0.05) is 12.5 Å². The van der Waals surface area contributed by atoms with Gasteiger partial charge in [0.2, 0.25) is 0 Å². The second-order valence-corrected chi connectivity index (χ2v) is 7.31. The highest BCUT2D eigenvalue weighted by Gasteiger charge is 2.38. The molecule has 2 aromatic rings. The molecule has 2 nitrogen and oxygen atoms in total. The Balaban J connectivity index is 1.88. The summed E-state index contributed by atoms with van der Waals surface area (Å²) in [5.41, 5.74) is -2.17. The highest BCUT2D eigenvalue weighted by molar-refractivity contribution is 5.35. The van der Waals surface area contributed by atoms with Gasteiger partial charge in [-0.1, -0.05) is 12.1 Å². The van der Waals surface area contributed by atoms with Crippen molar-refractivity contribution in [3.05, 3.63) is 70.5 Å². The fraction of sp³-hybridized carbons (Fsp3) is 0.429. The number of hydrogen-bond acceptors (Lipinski definition) is 2. The number of halogens is 7. The van der Waals surface area contributed by atoms with Crippen LogP contribution < -0.4 is 5.32 Å². The Morgan fingerprint density at radius 1 is 0.933 bits per heavy atom. The topological polar surface area (TPSA) is 21.3 Å². The molecule has 1 fully saturated rings. The molecule has 0 aromatic heterocycles. The first-order chi connectivity index (χ1) is 13.9. The lowest BCUT2D eigenvalue weighted by atomic mass is 9.88. The minimum absolute atomic E-state index is 0.0993. The third-order valence-corrected chi connectivity index (χ3v) is 5.18. The van der Waals surface area contributed by atoms with Gasteiger partial charge in [0.15, 0.2) is 0 Å². The lowest BCUT2D eigenvalue weighted by molar-refractivity contribution is -0.143. The summed E-state index contributed by atoms with van der Waals surface area (Å²) in [5, 5.41) is 3.18. The summed E-state index contributed by atoms with van der Waals surface area (Å²) in [4.78, 5) is 0. The standard InChI is InChI=1S/C21H20F7NO/c1-12(14-8-15(20(23,24)25)10-16(9-14)21(26,27)28)30-19-6-7-29-11-18(19)13-2-4-17(22)5-3-13/h2-5,8-10,12,18-19,29H,6-7,11H2,1H3/t12-,18-,19+/m1/s1. The average molecular weight is 435 g/mol. The van der Waals surface area contributed by atoms with Gasteiger partial charge >= 0.3 is 12.4 Å². The van der Waals surface area contributed by atoms with Crippen molar-refractivity contribution in [2.24, 2.45) is 0 Å². The number of ether oxygens (including phenoxy) is 1. The third kappa shape index (κ3) is 5.31. The van der Waals surface area contributed by atoms with E-state index in [-0.39, 0.29) is 17.5 Å². The SMILES string of the molecule is C[C@@H](O[C@H]1CCNC[C@@H]1c1ccc(F)cc1)c1cc(C(F)(F)F)cc(C(F)(F)F)c1. The maximum absolute atomic E-state index is 13.2. The molecule has 0 unspecified atom stereocenters. The van der Waals surface area contributed by atoms with Crippen LogP contribution in [0.25, 0.3) is 0 Å². The molecule has 0 aliphatic carbocycles. The number of nitrogens with one attached hydrogen (secondary N) is 1. The number of rotatable bonds is 4. The van der Waals surface area contributed by atoms with Crippen LogP contribution in [0.2, 0.25) is 0 Å². The van der Waals surface area contributed by atoms with E-state index in [1.54, 1.807) is 12.1 Å². The molecule has 1 heterocycles. The van der Waals surface area contributed by atoms with Crippen molar-refractivity contribution < 1.29 is 35.5 Å². The summed E-state index contributed by atoms with van der Waals surface area (Å²) in [7, 11) is 0.